The van der Waals surface area contributed by atoms with Gasteiger partial charge in [0.1, 0.15) is 22.3 Å². The number of hydrogen-bond acceptors (Lipinski definition) is 7. The molecule has 2 atom stereocenters. The number of aliphatic carboxylic acids is 1. The number of para-hydroxylation sites is 1. The largest absolute Gasteiger partial charge is 0.488 e. The van der Waals surface area contributed by atoms with Crippen LogP contribution < -0.4 is 4.74 Å². The number of thiophene rings is 1. The summed E-state index contributed by atoms with van der Waals surface area (Å²) >= 11 is 7.96. The van der Waals surface area contributed by atoms with Crippen LogP contribution in [-0.4, -0.2) is 51.4 Å². The smallest absolute Gasteiger partial charge is 0.304 e. The van der Waals surface area contributed by atoms with Crippen LogP contribution in [0, 0.1) is 6.92 Å². The summed E-state index contributed by atoms with van der Waals surface area (Å²) in [6, 6.07) is 12.3. The maximum Gasteiger partial charge on any atom is 0.304 e. The van der Waals surface area contributed by atoms with Crippen LogP contribution >= 0.6 is 22.9 Å². The summed E-state index contributed by atoms with van der Waals surface area (Å²) in [5, 5.41) is 18.3. The number of ether oxygens (including phenoxy) is 1. The second-order valence-electron chi connectivity index (χ2n) is 9.54. The maximum absolute atomic E-state index is 13.6. The Morgan fingerprint density at radius 1 is 1.26 bits per heavy atom. The normalized spacial score (nSPS) is 17.9. The van der Waals surface area contributed by atoms with Crippen LogP contribution in [-0.2, 0) is 27.9 Å². The number of nitrogens with zero attached hydrogens (tertiary/aromatic N) is 4. The Morgan fingerprint density at radius 3 is 2.74 bits per heavy atom. The van der Waals surface area contributed by atoms with Gasteiger partial charge in [-0.2, -0.15) is 4.31 Å². The molecule has 39 heavy (non-hydrogen) atoms. The van der Waals surface area contributed by atoms with Gasteiger partial charge in [0.2, 0.25) is 10.0 Å². The molecule has 0 bridgehead atoms. The van der Waals surface area contributed by atoms with Crippen LogP contribution in [0.2, 0.25) is 4.34 Å². The molecule has 0 spiro atoms. The van der Waals surface area contributed by atoms with E-state index in [2.05, 4.69) is 10.3 Å². The van der Waals surface area contributed by atoms with Gasteiger partial charge in [-0.3, -0.25) is 4.79 Å². The Hall–Kier alpha value is -2.99. The van der Waals surface area contributed by atoms with Crippen LogP contribution in [0.3, 0.4) is 0 Å². The summed E-state index contributed by atoms with van der Waals surface area (Å²) in [6.45, 7) is 6.76. The average Bonchev–Trinajstić information content (AvgIpc) is 3.47. The van der Waals surface area contributed by atoms with E-state index in [0.717, 1.165) is 27.0 Å². The van der Waals surface area contributed by atoms with E-state index in [0.29, 0.717) is 28.6 Å². The zero-order chi connectivity index (χ0) is 27.9. The lowest BCUT2D eigenvalue weighted by atomic mass is 9.89. The SMILES string of the molecule is CC[C@@H]1CN(Cc2cc(C(CC(=O)O)c3ccc4c(nnn4CC)c3C)sc2Cl)S(=O)(=O)c2ccccc2O1. The molecule has 3 heterocycles. The predicted molar refractivity (Wildman–Crippen MR) is 150 cm³/mol. The zero-order valence-corrected chi connectivity index (χ0v) is 24.2. The number of rotatable bonds is 8. The fourth-order valence-electron chi connectivity index (χ4n) is 5.03. The minimum absolute atomic E-state index is 0.0501. The Bertz CT molecular complexity index is 1650. The van der Waals surface area contributed by atoms with Crippen molar-refractivity contribution in [1.29, 1.82) is 0 Å². The molecule has 1 aliphatic rings. The van der Waals surface area contributed by atoms with Gasteiger partial charge in [-0.15, -0.1) is 16.4 Å². The van der Waals surface area contributed by atoms with Crippen molar-refractivity contribution in [3.8, 4) is 5.75 Å². The minimum Gasteiger partial charge on any atom is -0.488 e. The lowest BCUT2D eigenvalue weighted by Gasteiger charge is -2.22. The van der Waals surface area contributed by atoms with Crippen molar-refractivity contribution in [2.75, 3.05) is 6.54 Å². The van der Waals surface area contributed by atoms with Gasteiger partial charge in [0, 0.05) is 23.9 Å². The standard InChI is InChI=1S/C27H29ClN4O5S2/c1-4-18-15-31(39(35,36)24-9-7-6-8-22(24)37-18)14-17-12-23(38-27(17)28)20(13-25(33)34)19-10-11-21-26(16(19)3)29-30-32(21)5-2/h6-12,18,20H,4-5,13-15H2,1-3H3,(H,33,34)/t18-,20?/m1/s1. The number of hydrogen-bond donors (Lipinski definition) is 1. The first-order valence-corrected chi connectivity index (χ1v) is 15.4. The minimum atomic E-state index is -3.85. The molecule has 0 amide bonds. The molecule has 9 nitrogen and oxygen atoms in total. The highest BCUT2D eigenvalue weighted by Gasteiger charge is 2.35. The van der Waals surface area contributed by atoms with Crippen molar-refractivity contribution in [1.82, 2.24) is 19.3 Å². The summed E-state index contributed by atoms with van der Waals surface area (Å²) in [5.74, 6) is -1.09. The van der Waals surface area contributed by atoms with E-state index < -0.39 is 21.9 Å². The molecular weight excluding hydrogens is 560 g/mol. The van der Waals surface area contributed by atoms with Crippen LogP contribution in [0.4, 0.5) is 0 Å². The Balaban J connectivity index is 1.53. The molecule has 12 heteroatoms. The third-order valence-corrected chi connectivity index (χ3v) is 10.5. The van der Waals surface area contributed by atoms with E-state index in [1.54, 1.807) is 28.9 Å². The van der Waals surface area contributed by atoms with Gasteiger partial charge in [0.15, 0.2) is 0 Å². The first-order chi connectivity index (χ1) is 18.6. The third-order valence-electron chi connectivity index (χ3n) is 7.13. The number of carbonyl (C=O) groups is 1. The number of fused-ring (bicyclic) bond motifs is 2. The van der Waals surface area contributed by atoms with Gasteiger partial charge >= 0.3 is 5.97 Å². The predicted octanol–water partition coefficient (Wildman–Crippen LogP) is 5.44. The Labute approximate surface area is 236 Å². The highest BCUT2D eigenvalue weighted by molar-refractivity contribution is 7.89. The van der Waals surface area contributed by atoms with Gasteiger partial charge in [-0.05, 0) is 61.2 Å². The van der Waals surface area contributed by atoms with Crippen molar-refractivity contribution in [2.45, 2.75) is 63.6 Å². The first-order valence-electron chi connectivity index (χ1n) is 12.7. The molecule has 1 aliphatic heterocycles. The molecule has 2 aromatic carbocycles. The molecule has 0 saturated carbocycles. The van der Waals surface area contributed by atoms with Crippen LogP contribution in [0.15, 0.2) is 47.4 Å². The Morgan fingerprint density at radius 2 is 2.03 bits per heavy atom. The van der Waals surface area contributed by atoms with Crippen molar-refractivity contribution in [2.24, 2.45) is 0 Å². The summed E-state index contributed by atoms with van der Waals surface area (Å²) in [5.41, 5.74) is 3.93. The quantitative estimate of drug-likeness (QED) is 0.291. The van der Waals surface area contributed by atoms with E-state index in [4.69, 9.17) is 16.3 Å². The number of halogens is 1. The maximum atomic E-state index is 13.6. The molecule has 206 valence electrons. The average molecular weight is 589 g/mol. The van der Waals surface area contributed by atoms with Gasteiger partial charge in [0.05, 0.1) is 22.8 Å². The molecule has 1 unspecified atom stereocenters. The molecule has 2 aromatic heterocycles. The van der Waals surface area contributed by atoms with Gasteiger partial charge in [0.25, 0.3) is 0 Å². The summed E-state index contributed by atoms with van der Waals surface area (Å²) < 4.78 is 36.9. The Kier molecular flexibility index (Phi) is 7.69. The molecular formula is C27H29ClN4O5S2. The van der Waals surface area contributed by atoms with Gasteiger partial charge in [-0.1, -0.05) is 41.9 Å². The highest BCUT2D eigenvalue weighted by Crippen LogP contribution is 2.41. The first kappa shape index (κ1) is 27.6. The number of aryl methyl sites for hydroxylation is 2. The number of carboxylic acids is 1. The van der Waals surface area contributed by atoms with E-state index in [-0.39, 0.29) is 30.5 Å². The highest BCUT2D eigenvalue weighted by atomic mass is 35.5. The third kappa shape index (κ3) is 5.16. The summed E-state index contributed by atoms with van der Waals surface area (Å²) in [6.07, 6.45) is 0.172. The van der Waals surface area contributed by atoms with E-state index in [1.165, 1.54) is 15.6 Å². The molecule has 0 aliphatic carbocycles. The van der Waals surface area contributed by atoms with E-state index in [9.17, 15) is 18.3 Å². The monoisotopic (exact) mass is 588 g/mol. The van der Waals surface area contributed by atoms with Gasteiger partial charge in [-0.25, -0.2) is 13.1 Å². The van der Waals surface area contributed by atoms with Gasteiger partial charge < -0.3 is 9.84 Å². The van der Waals surface area contributed by atoms with Crippen molar-refractivity contribution in [3.63, 3.8) is 0 Å². The summed E-state index contributed by atoms with van der Waals surface area (Å²) in [4.78, 5) is 12.8. The molecule has 0 saturated heterocycles. The molecule has 1 N–H and O–H groups in total. The van der Waals surface area contributed by atoms with Crippen LogP contribution in [0.25, 0.3) is 11.0 Å². The second kappa shape index (κ2) is 10.9. The van der Waals surface area contributed by atoms with Crippen LogP contribution in [0.1, 0.15) is 54.2 Å². The number of aromatic nitrogens is 3. The molecule has 4 aromatic rings. The number of benzene rings is 2. The number of sulfonamides is 1. The van der Waals surface area contributed by atoms with E-state index >= 15 is 0 Å². The molecule has 0 fully saturated rings. The fourth-order valence-corrected chi connectivity index (χ4v) is 8.00. The van der Waals surface area contributed by atoms with Crippen molar-refractivity contribution >= 4 is 50.0 Å². The second-order valence-corrected chi connectivity index (χ2v) is 13.1. The zero-order valence-electron chi connectivity index (χ0n) is 21.8. The lowest BCUT2D eigenvalue weighted by Crippen LogP contribution is -2.36. The molecule has 5 rings (SSSR count). The van der Waals surface area contributed by atoms with Crippen molar-refractivity contribution in [3.05, 3.63) is 68.4 Å². The van der Waals surface area contributed by atoms with E-state index in [1.807, 2.05) is 39.0 Å². The lowest BCUT2D eigenvalue weighted by molar-refractivity contribution is -0.137. The number of carboxylic acid groups (broad SMARTS) is 1. The topological polar surface area (TPSA) is 115 Å². The van der Waals surface area contributed by atoms with Crippen LogP contribution in [0.5, 0.6) is 5.75 Å². The van der Waals surface area contributed by atoms with Crippen molar-refractivity contribution < 1.29 is 23.1 Å². The fraction of sp³-hybridized carbons (Fsp3) is 0.370. The summed E-state index contributed by atoms with van der Waals surface area (Å²) in [7, 11) is -3.85. The molecule has 0 radical (unpaired) electrons.